The van der Waals surface area contributed by atoms with E-state index in [2.05, 4.69) is 30.7 Å². The molecular formula is C13H20ClN3. The van der Waals surface area contributed by atoms with Crippen molar-refractivity contribution in [1.29, 1.82) is 0 Å². The van der Waals surface area contributed by atoms with Crippen LogP contribution in [-0.2, 0) is 0 Å². The number of anilines is 2. The minimum absolute atomic E-state index is 0.171. The van der Waals surface area contributed by atoms with Crippen molar-refractivity contribution >= 4 is 23.0 Å². The summed E-state index contributed by atoms with van der Waals surface area (Å²) in [4.78, 5) is 4.72. The maximum Gasteiger partial charge on any atom is 0.0602 e. The number of piperazine rings is 1. The Labute approximate surface area is 108 Å². The third kappa shape index (κ3) is 2.50. The average Bonchev–Trinajstić information content (AvgIpc) is 2.22. The molecule has 1 fully saturated rings. The average molecular weight is 254 g/mol. The highest BCUT2D eigenvalue weighted by molar-refractivity contribution is 6.31. The molecule has 2 rings (SSSR count). The van der Waals surface area contributed by atoms with E-state index in [0.29, 0.717) is 5.02 Å². The first-order chi connectivity index (χ1) is 7.90. The number of nitrogens with zero attached hydrogens (tertiary/aromatic N) is 2. The molecule has 1 aliphatic rings. The van der Waals surface area contributed by atoms with Gasteiger partial charge in [0, 0.05) is 30.2 Å². The Morgan fingerprint density at radius 1 is 1.29 bits per heavy atom. The summed E-state index contributed by atoms with van der Waals surface area (Å²) < 4.78 is 0. The fourth-order valence-electron chi connectivity index (χ4n) is 2.26. The second kappa shape index (κ2) is 4.39. The number of nitrogen functional groups attached to an aromatic ring is 1. The number of likely N-dealkylation sites (N-methyl/N-ethyl adjacent to an activating group) is 1. The van der Waals surface area contributed by atoms with Crippen molar-refractivity contribution in [1.82, 2.24) is 4.90 Å². The molecule has 0 aromatic heterocycles. The Hall–Kier alpha value is -0.930. The van der Waals surface area contributed by atoms with Crippen molar-refractivity contribution < 1.29 is 0 Å². The van der Waals surface area contributed by atoms with E-state index in [1.165, 1.54) is 0 Å². The number of hydrogen-bond donors (Lipinski definition) is 1. The van der Waals surface area contributed by atoms with Crippen LogP contribution in [0.25, 0.3) is 0 Å². The molecule has 1 saturated heterocycles. The first-order valence-electron chi connectivity index (χ1n) is 5.91. The molecule has 0 spiro atoms. The zero-order valence-corrected chi connectivity index (χ0v) is 11.5. The predicted octanol–water partition coefficient (Wildman–Crippen LogP) is 2.45. The monoisotopic (exact) mass is 253 g/mol. The van der Waals surface area contributed by atoms with E-state index in [9.17, 15) is 0 Å². The van der Waals surface area contributed by atoms with Crippen LogP contribution in [0.15, 0.2) is 18.2 Å². The van der Waals surface area contributed by atoms with Gasteiger partial charge in [0.2, 0.25) is 0 Å². The molecule has 3 nitrogen and oxygen atoms in total. The summed E-state index contributed by atoms with van der Waals surface area (Å²) in [5.41, 5.74) is 8.06. The quantitative estimate of drug-likeness (QED) is 0.781. The zero-order valence-electron chi connectivity index (χ0n) is 10.7. The van der Waals surface area contributed by atoms with Gasteiger partial charge in [0.1, 0.15) is 0 Å². The third-order valence-corrected chi connectivity index (χ3v) is 3.88. The Morgan fingerprint density at radius 3 is 2.59 bits per heavy atom. The van der Waals surface area contributed by atoms with Gasteiger partial charge in [-0.05, 0) is 39.1 Å². The number of benzene rings is 1. The highest BCUT2D eigenvalue weighted by Crippen LogP contribution is 2.30. The molecule has 1 aliphatic heterocycles. The van der Waals surface area contributed by atoms with Crippen LogP contribution in [-0.4, -0.2) is 37.1 Å². The summed E-state index contributed by atoms with van der Waals surface area (Å²) in [6.45, 7) is 7.55. The van der Waals surface area contributed by atoms with E-state index >= 15 is 0 Å². The Morgan fingerprint density at radius 2 is 2.00 bits per heavy atom. The van der Waals surface area contributed by atoms with Crippen molar-refractivity contribution in [2.24, 2.45) is 0 Å². The third-order valence-electron chi connectivity index (χ3n) is 3.65. The Bertz CT molecular complexity index is 417. The summed E-state index contributed by atoms with van der Waals surface area (Å²) in [6, 6.07) is 5.74. The van der Waals surface area contributed by atoms with Crippen LogP contribution in [0.5, 0.6) is 0 Å². The second-order valence-corrected chi connectivity index (χ2v) is 5.80. The summed E-state index contributed by atoms with van der Waals surface area (Å²) in [7, 11) is 2.17. The van der Waals surface area contributed by atoms with Gasteiger partial charge in [0.05, 0.1) is 11.4 Å². The molecule has 4 heteroatoms. The van der Waals surface area contributed by atoms with Gasteiger partial charge in [-0.2, -0.15) is 0 Å². The maximum absolute atomic E-state index is 6.04. The fraction of sp³-hybridized carbons (Fsp3) is 0.538. The summed E-state index contributed by atoms with van der Waals surface area (Å²) >= 11 is 5.93. The molecule has 1 aromatic carbocycles. The fourth-order valence-corrected chi connectivity index (χ4v) is 2.44. The lowest BCUT2D eigenvalue weighted by atomic mass is 9.99. The van der Waals surface area contributed by atoms with Gasteiger partial charge in [-0.1, -0.05) is 11.6 Å². The highest BCUT2D eigenvalue weighted by atomic mass is 35.5. The first kappa shape index (κ1) is 12.5. The van der Waals surface area contributed by atoms with Crippen molar-refractivity contribution in [3.63, 3.8) is 0 Å². The van der Waals surface area contributed by atoms with Gasteiger partial charge in [-0.15, -0.1) is 0 Å². The molecule has 1 heterocycles. The second-order valence-electron chi connectivity index (χ2n) is 5.36. The Balaban J connectivity index is 2.24. The number of rotatable bonds is 1. The summed E-state index contributed by atoms with van der Waals surface area (Å²) in [6.07, 6.45) is 0. The van der Waals surface area contributed by atoms with Gasteiger partial charge in [0.25, 0.3) is 0 Å². The van der Waals surface area contributed by atoms with Crippen LogP contribution in [0.3, 0.4) is 0 Å². The lowest BCUT2D eigenvalue weighted by Gasteiger charge is -2.46. The number of halogens is 1. The minimum atomic E-state index is 0.171. The lowest BCUT2D eigenvalue weighted by molar-refractivity contribution is 0.139. The normalized spacial score (nSPS) is 20.6. The van der Waals surface area contributed by atoms with E-state index in [0.717, 1.165) is 31.0 Å². The topological polar surface area (TPSA) is 32.5 Å². The van der Waals surface area contributed by atoms with Crippen LogP contribution in [0, 0.1) is 0 Å². The van der Waals surface area contributed by atoms with Crippen LogP contribution in [0.1, 0.15) is 13.8 Å². The van der Waals surface area contributed by atoms with E-state index < -0.39 is 0 Å². The van der Waals surface area contributed by atoms with E-state index in [1.54, 1.807) is 0 Å². The molecule has 0 unspecified atom stereocenters. The van der Waals surface area contributed by atoms with E-state index in [4.69, 9.17) is 17.3 Å². The van der Waals surface area contributed by atoms with Crippen LogP contribution < -0.4 is 10.6 Å². The smallest absolute Gasteiger partial charge is 0.0602 e. The number of nitrogens with two attached hydrogens (primary N) is 1. The SMILES string of the molecule is CN1CCN(c2ccc(Cl)cc2N)CC1(C)C. The van der Waals surface area contributed by atoms with Crippen LogP contribution in [0.2, 0.25) is 5.02 Å². The van der Waals surface area contributed by atoms with Gasteiger partial charge in [-0.25, -0.2) is 0 Å². The molecule has 1 aromatic rings. The van der Waals surface area contributed by atoms with Crippen molar-refractivity contribution in [2.45, 2.75) is 19.4 Å². The predicted molar refractivity (Wildman–Crippen MR) is 74.8 cm³/mol. The lowest BCUT2D eigenvalue weighted by Crippen LogP contribution is -2.57. The molecule has 0 saturated carbocycles. The van der Waals surface area contributed by atoms with E-state index in [1.807, 2.05) is 18.2 Å². The van der Waals surface area contributed by atoms with Gasteiger partial charge in [-0.3, -0.25) is 4.90 Å². The van der Waals surface area contributed by atoms with Gasteiger partial charge >= 0.3 is 0 Å². The van der Waals surface area contributed by atoms with Gasteiger partial charge in [0.15, 0.2) is 0 Å². The number of hydrogen-bond acceptors (Lipinski definition) is 3. The zero-order chi connectivity index (χ0) is 12.6. The van der Waals surface area contributed by atoms with Crippen LogP contribution >= 0.6 is 11.6 Å². The van der Waals surface area contributed by atoms with E-state index in [-0.39, 0.29) is 5.54 Å². The minimum Gasteiger partial charge on any atom is -0.397 e. The molecule has 0 atom stereocenters. The molecule has 0 amide bonds. The van der Waals surface area contributed by atoms with Crippen molar-refractivity contribution in [3.05, 3.63) is 23.2 Å². The molecule has 2 N–H and O–H groups in total. The van der Waals surface area contributed by atoms with Gasteiger partial charge < -0.3 is 10.6 Å². The molecule has 0 radical (unpaired) electrons. The molecule has 17 heavy (non-hydrogen) atoms. The van der Waals surface area contributed by atoms with Crippen LogP contribution in [0.4, 0.5) is 11.4 Å². The molecule has 0 bridgehead atoms. The van der Waals surface area contributed by atoms with Crippen molar-refractivity contribution in [2.75, 3.05) is 37.3 Å². The maximum atomic E-state index is 6.04. The standard InChI is InChI=1S/C13H20ClN3/c1-13(2)9-17(7-6-16(13)3)12-5-4-10(14)8-11(12)15/h4-5,8H,6-7,9,15H2,1-3H3. The highest BCUT2D eigenvalue weighted by Gasteiger charge is 2.31. The first-order valence-corrected chi connectivity index (χ1v) is 6.29. The summed E-state index contributed by atoms with van der Waals surface area (Å²) in [5, 5.41) is 0.694. The molecule has 0 aliphatic carbocycles. The summed E-state index contributed by atoms with van der Waals surface area (Å²) in [5.74, 6) is 0. The largest absolute Gasteiger partial charge is 0.397 e. The Kier molecular flexibility index (Phi) is 3.23. The molecular weight excluding hydrogens is 234 g/mol. The van der Waals surface area contributed by atoms with Crippen molar-refractivity contribution in [3.8, 4) is 0 Å². The molecule has 94 valence electrons.